The van der Waals surface area contributed by atoms with Crippen molar-refractivity contribution in [1.29, 1.82) is 0 Å². The normalized spacial score (nSPS) is 10.2. The van der Waals surface area contributed by atoms with Gasteiger partial charge in [-0.1, -0.05) is 12.1 Å². The Hall–Kier alpha value is -2.89. The summed E-state index contributed by atoms with van der Waals surface area (Å²) in [5.41, 5.74) is 2.44. The fourth-order valence-electron chi connectivity index (χ4n) is 2.34. The number of carbonyl (C=O) groups is 2. The fraction of sp³-hybridized carbons (Fsp3) is 0.263. The number of hydrogen-bond acceptors (Lipinski definition) is 4. The van der Waals surface area contributed by atoms with E-state index in [4.69, 9.17) is 4.74 Å². The average molecular weight is 345 g/mol. The van der Waals surface area contributed by atoms with Crippen LogP contribution in [-0.4, -0.2) is 26.1 Å². The first-order valence-corrected chi connectivity index (χ1v) is 7.76. The Kier molecular flexibility index (Phi) is 6.11. The first kappa shape index (κ1) is 18.4. The van der Waals surface area contributed by atoms with Gasteiger partial charge < -0.3 is 14.8 Å². The molecular weight excluding hydrogens is 325 g/mol. The number of amides is 1. The lowest BCUT2D eigenvalue weighted by molar-refractivity contribution is -0.116. The van der Waals surface area contributed by atoms with E-state index in [2.05, 4.69) is 10.1 Å². The Morgan fingerprint density at radius 3 is 2.52 bits per heavy atom. The van der Waals surface area contributed by atoms with Crippen molar-refractivity contribution in [3.8, 4) is 5.75 Å². The number of halogens is 1. The zero-order valence-electron chi connectivity index (χ0n) is 14.4. The lowest BCUT2D eigenvalue weighted by atomic mass is 10.1. The molecule has 0 aliphatic heterocycles. The van der Waals surface area contributed by atoms with Crippen molar-refractivity contribution in [2.24, 2.45) is 0 Å². The molecule has 0 unspecified atom stereocenters. The largest absolute Gasteiger partial charge is 0.494 e. The number of nitrogens with one attached hydrogen (secondary N) is 1. The van der Waals surface area contributed by atoms with Gasteiger partial charge in [0.15, 0.2) is 11.6 Å². The van der Waals surface area contributed by atoms with E-state index in [1.807, 2.05) is 6.92 Å². The summed E-state index contributed by atoms with van der Waals surface area (Å²) < 4.78 is 23.2. The second-order valence-electron chi connectivity index (χ2n) is 5.54. The van der Waals surface area contributed by atoms with Crippen LogP contribution in [0, 0.1) is 12.7 Å². The summed E-state index contributed by atoms with van der Waals surface area (Å²) in [6, 6.07) is 9.56. The fourth-order valence-corrected chi connectivity index (χ4v) is 2.34. The molecule has 2 aromatic rings. The quantitative estimate of drug-likeness (QED) is 0.814. The van der Waals surface area contributed by atoms with Gasteiger partial charge in [-0.3, -0.25) is 4.79 Å². The van der Waals surface area contributed by atoms with Crippen LogP contribution in [0.25, 0.3) is 0 Å². The molecular formula is C19H20FNO4. The number of ether oxygens (including phenoxy) is 2. The van der Waals surface area contributed by atoms with E-state index < -0.39 is 11.8 Å². The number of rotatable bonds is 6. The molecule has 0 heterocycles. The molecule has 6 heteroatoms. The van der Waals surface area contributed by atoms with Crippen molar-refractivity contribution in [1.82, 2.24) is 0 Å². The van der Waals surface area contributed by atoms with E-state index in [-0.39, 0.29) is 18.1 Å². The highest BCUT2D eigenvalue weighted by molar-refractivity contribution is 5.95. The van der Waals surface area contributed by atoms with E-state index in [9.17, 15) is 14.0 Å². The number of anilines is 1. The van der Waals surface area contributed by atoms with Crippen molar-refractivity contribution >= 4 is 17.6 Å². The maximum atomic E-state index is 13.7. The molecule has 1 N–H and O–H groups in total. The van der Waals surface area contributed by atoms with E-state index in [1.165, 1.54) is 26.4 Å². The number of methoxy groups -OCH3 is 2. The summed E-state index contributed by atoms with van der Waals surface area (Å²) >= 11 is 0. The summed E-state index contributed by atoms with van der Waals surface area (Å²) in [6.07, 6.45) is 0.580. The van der Waals surface area contributed by atoms with Crippen molar-refractivity contribution in [2.45, 2.75) is 19.8 Å². The predicted octanol–water partition coefficient (Wildman–Crippen LogP) is 3.50. The molecule has 25 heavy (non-hydrogen) atoms. The van der Waals surface area contributed by atoms with E-state index >= 15 is 0 Å². The molecule has 0 bridgehead atoms. The molecule has 2 aromatic carbocycles. The minimum Gasteiger partial charge on any atom is -0.494 e. The van der Waals surface area contributed by atoms with E-state index in [1.54, 1.807) is 24.3 Å². The van der Waals surface area contributed by atoms with Gasteiger partial charge in [0.05, 0.1) is 19.8 Å². The van der Waals surface area contributed by atoms with Gasteiger partial charge >= 0.3 is 5.97 Å². The number of carbonyl (C=O) groups excluding carboxylic acids is 2. The lowest BCUT2D eigenvalue weighted by Crippen LogP contribution is -2.14. The zero-order chi connectivity index (χ0) is 18.4. The first-order valence-electron chi connectivity index (χ1n) is 7.76. The van der Waals surface area contributed by atoms with Crippen molar-refractivity contribution in [2.75, 3.05) is 19.5 Å². The molecule has 0 saturated carbocycles. The Morgan fingerprint density at radius 1 is 1.12 bits per heavy atom. The second kappa shape index (κ2) is 8.28. The van der Waals surface area contributed by atoms with Gasteiger partial charge in [-0.15, -0.1) is 0 Å². The number of esters is 1. The summed E-state index contributed by atoms with van der Waals surface area (Å²) in [7, 11) is 2.70. The standard InChI is InChI=1S/C19H20FNO4/c1-12-4-7-14(19(23)25-3)11-16(12)21-18(22)9-6-13-5-8-17(24-2)15(20)10-13/h4-5,7-8,10-11H,6,9H2,1-3H3,(H,21,22). The Bertz CT molecular complexity index is 789. The predicted molar refractivity (Wildman–Crippen MR) is 92.4 cm³/mol. The molecule has 0 aliphatic carbocycles. The molecule has 0 spiro atoms. The minimum absolute atomic E-state index is 0.170. The highest BCUT2D eigenvalue weighted by Gasteiger charge is 2.11. The van der Waals surface area contributed by atoms with Crippen LogP contribution in [0.15, 0.2) is 36.4 Å². The molecule has 0 aliphatic rings. The van der Waals surface area contributed by atoms with Crippen LogP contribution in [0.2, 0.25) is 0 Å². The number of hydrogen-bond donors (Lipinski definition) is 1. The smallest absolute Gasteiger partial charge is 0.337 e. The van der Waals surface area contributed by atoms with Crippen LogP contribution >= 0.6 is 0 Å². The van der Waals surface area contributed by atoms with Crippen LogP contribution in [0.3, 0.4) is 0 Å². The van der Waals surface area contributed by atoms with Gasteiger partial charge in [-0.25, -0.2) is 9.18 Å². The molecule has 2 rings (SSSR count). The van der Waals surface area contributed by atoms with Gasteiger partial charge in [0, 0.05) is 12.1 Å². The third-order valence-electron chi connectivity index (χ3n) is 3.79. The lowest BCUT2D eigenvalue weighted by Gasteiger charge is -2.10. The summed E-state index contributed by atoms with van der Waals surface area (Å²) in [4.78, 5) is 23.7. The van der Waals surface area contributed by atoms with Gasteiger partial charge in [0.2, 0.25) is 5.91 Å². The molecule has 132 valence electrons. The maximum absolute atomic E-state index is 13.7. The van der Waals surface area contributed by atoms with Gasteiger partial charge in [-0.05, 0) is 48.7 Å². The Labute approximate surface area is 145 Å². The van der Waals surface area contributed by atoms with Crippen molar-refractivity contribution in [3.63, 3.8) is 0 Å². The van der Waals surface area contributed by atoms with Crippen molar-refractivity contribution < 1.29 is 23.5 Å². The van der Waals surface area contributed by atoms with Crippen LogP contribution < -0.4 is 10.1 Å². The molecule has 0 aromatic heterocycles. The summed E-state index contributed by atoms with van der Waals surface area (Å²) in [5.74, 6) is -0.976. The first-order chi connectivity index (χ1) is 11.9. The Balaban J connectivity index is 2.00. The number of aryl methyl sites for hydroxylation is 2. The van der Waals surface area contributed by atoms with Crippen LogP contribution in [-0.2, 0) is 16.0 Å². The molecule has 0 saturated heterocycles. The average Bonchev–Trinajstić information content (AvgIpc) is 2.61. The van der Waals surface area contributed by atoms with Crippen LogP contribution in [0.1, 0.15) is 27.9 Å². The van der Waals surface area contributed by atoms with Gasteiger partial charge in [0.25, 0.3) is 0 Å². The molecule has 1 amide bonds. The SMILES string of the molecule is COC(=O)c1ccc(C)c(NC(=O)CCc2ccc(OC)c(F)c2)c1. The zero-order valence-corrected chi connectivity index (χ0v) is 14.4. The highest BCUT2D eigenvalue weighted by atomic mass is 19.1. The van der Waals surface area contributed by atoms with Crippen molar-refractivity contribution in [3.05, 3.63) is 58.9 Å². The highest BCUT2D eigenvalue weighted by Crippen LogP contribution is 2.20. The topological polar surface area (TPSA) is 64.6 Å². The molecule has 5 nitrogen and oxygen atoms in total. The van der Waals surface area contributed by atoms with Gasteiger partial charge in [-0.2, -0.15) is 0 Å². The molecule has 0 fully saturated rings. The van der Waals surface area contributed by atoms with Crippen LogP contribution in [0.5, 0.6) is 5.75 Å². The third kappa shape index (κ3) is 4.79. The summed E-state index contributed by atoms with van der Waals surface area (Å²) in [6.45, 7) is 1.83. The molecule has 0 atom stereocenters. The second-order valence-corrected chi connectivity index (χ2v) is 5.54. The maximum Gasteiger partial charge on any atom is 0.337 e. The minimum atomic E-state index is -0.468. The third-order valence-corrected chi connectivity index (χ3v) is 3.79. The van der Waals surface area contributed by atoms with Gasteiger partial charge in [0.1, 0.15) is 0 Å². The Morgan fingerprint density at radius 2 is 1.88 bits per heavy atom. The summed E-state index contributed by atoms with van der Waals surface area (Å²) in [5, 5.41) is 2.77. The number of benzene rings is 2. The molecule has 0 radical (unpaired) electrons. The monoisotopic (exact) mass is 345 g/mol. The van der Waals surface area contributed by atoms with Crippen LogP contribution in [0.4, 0.5) is 10.1 Å². The van der Waals surface area contributed by atoms with E-state index in [0.29, 0.717) is 23.2 Å². The van der Waals surface area contributed by atoms with E-state index in [0.717, 1.165) is 5.56 Å².